The monoisotopic (exact) mass is 425 g/mol. The fourth-order valence-corrected chi connectivity index (χ4v) is 3.50. The summed E-state index contributed by atoms with van der Waals surface area (Å²) in [6.45, 7) is 5.52. The van der Waals surface area contributed by atoms with Gasteiger partial charge in [-0.3, -0.25) is 4.79 Å². The lowest BCUT2D eigenvalue weighted by molar-refractivity contribution is -0.111. The fourth-order valence-electron chi connectivity index (χ4n) is 3.50. The van der Waals surface area contributed by atoms with E-state index < -0.39 is 0 Å². The highest BCUT2D eigenvalue weighted by Crippen LogP contribution is 2.31. The van der Waals surface area contributed by atoms with Crippen LogP contribution >= 0.6 is 0 Å². The topological polar surface area (TPSA) is 106 Å². The highest BCUT2D eigenvalue weighted by atomic mass is 16.1. The van der Waals surface area contributed by atoms with Crippen molar-refractivity contribution in [1.82, 2.24) is 9.97 Å². The van der Waals surface area contributed by atoms with Crippen LogP contribution < -0.4 is 20.9 Å². The largest absolute Gasteiger partial charge is 0.371 e. The zero-order valence-electron chi connectivity index (χ0n) is 17.5. The van der Waals surface area contributed by atoms with Gasteiger partial charge in [-0.15, -0.1) is 0 Å². The molecule has 1 saturated heterocycles. The molecule has 2 aromatic carbocycles. The summed E-state index contributed by atoms with van der Waals surface area (Å²) < 4.78 is 0. The van der Waals surface area contributed by atoms with Crippen LogP contribution in [-0.4, -0.2) is 29.0 Å². The van der Waals surface area contributed by atoms with Crippen molar-refractivity contribution in [3.05, 3.63) is 72.9 Å². The Kier molecular flexibility index (Phi) is 6.28. The Hall–Kier alpha value is -4.38. The molecule has 0 bridgehead atoms. The lowest BCUT2D eigenvalue weighted by Crippen LogP contribution is -2.18. The molecule has 0 spiro atoms. The van der Waals surface area contributed by atoms with Crippen molar-refractivity contribution < 1.29 is 4.79 Å². The van der Waals surface area contributed by atoms with Crippen LogP contribution in [0.3, 0.4) is 0 Å². The summed E-state index contributed by atoms with van der Waals surface area (Å²) in [7, 11) is 0. The van der Waals surface area contributed by atoms with Crippen molar-refractivity contribution in [3.63, 3.8) is 0 Å². The number of carbonyl (C=O) groups is 1. The molecule has 8 heteroatoms. The predicted octanol–water partition coefficient (Wildman–Crippen LogP) is 4.56. The number of hydrogen-bond donors (Lipinski definition) is 3. The van der Waals surface area contributed by atoms with E-state index in [1.807, 2.05) is 48.5 Å². The van der Waals surface area contributed by atoms with E-state index >= 15 is 0 Å². The van der Waals surface area contributed by atoms with Crippen molar-refractivity contribution >= 4 is 40.4 Å². The average molecular weight is 425 g/mol. The van der Waals surface area contributed by atoms with E-state index in [-0.39, 0.29) is 5.91 Å². The summed E-state index contributed by atoms with van der Waals surface area (Å²) in [5, 5.41) is 18.6. The van der Waals surface area contributed by atoms with Gasteiger partial charge in [-0.2, -0.15) is 10.2 Å². The van der Waals surface area contributed by atoms with Gasteiger partial charge in [0.15, 0.2) is 5.82 Å². The van der Waals surface area contributed by atoms with Gasteiger partial charge >= 0.3 is 0 Å². The molecule has 32 heavy (non-hydrogen) atoms. The Morgan fingerprint density at radius 1 is 1.09 bits per heavy atom. The molecule has 0 radical (unpaired) electrons. The molecule has 2 heterocycles. The van der Waals surface area contributed by atoms with E-state index in [0.29, 0.717) is 28.7 Å². The number of amides is 1. The van der Waals surface area contributed by atoms with Crippen LogP contribution in [0, 0.1) is 11.3 Å². The maximum atomic E-state index is 12.0. The number of nitrogens with one attached hydrogen (secondary N) is 3. The first-order valence-corrected chi connectivity index (χ1v) is 10.3. The highest BCUT2D eigenvalue weighted by Gasteiger charge is 2.16. The molecule has 0 unspecified atom stereocenters. The zero-order chi connectivity index (χ0) is 22.3. The Labute approximate surface area is 186 Å². The Morgan fingerprint density at radius 2 is 1.88 bits per heavy atom. The molecule has 1 aromatic heterocycles. The second-order valence-electron chi connectivity index (χ2n) is 7.30. The quantitative estimate of drug-likeness (QED) is 0.477. The minimum atomic E-state index is -0.307. The summed E-state index contributed by atoms with van der Waals surface area (Å²) in [6.07, 6.45) is 5.00. The minimum absolute atomic E-state index is 0.297. The number of carbonyl (C=O) groups excluding carboxylic acids is 1. The van der Waals surface area contributed by atoms with E-state index in [1.165, 1.54) is 12.3 Å². The van der Waals surface area contributed by atoms with Crippen LogP contribution in [0.5, 0.6) is 0 Å². The van der Waals surface area contributed by atoms with Gasteiger partial charge in [-0.25, -0.2) is 4.98 Å². The van der Waals surface area contributed by atoms with Crippen molar-refractivity contribution in [2.24, 2.45) is 0 Å². The third kappa shape index (κ3) is 4.84. The summed E-state index contributed by atoms with van der Waals surface area (Å²) in [4.78, 5) is 23.0. The normalized spacial score (nSPS) is 12.7. The summed E-state index contributed by atoms with van der Waals surface area (Å²) >= 11 is 0. The smallest absolute Gasteiger partial charge is 0.247 e. The number of hydrogen-bond acceptors (Lipinski definition) is 7. The molecule has 0 aliphatic carbocycles. The molecular formula is C24H23N7O. The molecular weight excluding hydrogens is 402 g/mol. The maximum absolute atomic E-state index is 12.0. The molecule has 1 amide bonds. The van der Waals surface area contributed by atoms with Gasteiger partial charge in [-0.05, 0) is 49.2 Å². The second kappa shape index (κ2) is 9.62. The number of para-hydroxylation sites is 1. The molecule has 8 nitrogen and oxygen atoms in total. The van der Waals surface area contributed by atoms with E-state index in [9.17, 15) is 10.1 Å². The number of aromatic nitrogens is 2. The van der Waals surface area contributed by atoms with Crippen molar-refractivity contribution in [1.29, 1.82) is 5.26 Å². The molecule has 1 aliphatic heterocycles. The second-order valence-corrected chi connectivity index (χ2v) is 7.30. The lowest BCUT2D eigenvalue weighted by Gasteiger charge is -2.20. The number of anilines is 6. The van der Waals surface area contributed by atoms with Gasteiger partial charge in [0.2, 0.25) is 11.9 Å². The molecule has 3 aromatic rings. The minimum Gasteiger partial charge on any atom is -0.371 e. The van der Waals surface area contributed by atoms with Crippen molar-refractivity contribution in [3.8, 4) is 6.07 Å². The van der Waals surface area contributed by atoms with Gasteiger partial charge in [0, 0.05) is 24.5 Å². The van der Waals surface area contributed by atoms with E-state index in [0.717, 1.165) is 37.3 Å². The number of rotatable bonds is 7. The third-order valence-electron chi connectivity index (χ3n) is 5.11. The van der Waals surface area contributed by atoms with Crippen molar-refractivity contribution in [2.75, 3.05) is 33.9 Å². The van der Waals surface area contributed by atoms with Crippen LogP contribution in [0.2, 0.25) is 0 Å². The molecule has 4 rings (SSSR count). The number of nitrogens with zero attached hydrogens (tertiary/aromatic N) is 4. The van der Waals surface area contributed by atoms with Gasteiger partial charge in [0.05, 0.1) is 17.6 Å². The van der Waals surface area contributed by atoms with Crippen LogP contribution in [0.25, 0.3) is 0 Å². The van der Waals surface area contributed by atoms with E-state index in [2.05, 4.69) is 43.5 Å². The van der Waals surface area contributed by atoms with Crippen molar-refractivity contribution in [2.45, 2.75) is 12.8 Å². The fraction of sp³-hybridized carbons (Fsp3) is 0.167. The molecule has 0 atom stereocenters. The molecule has 3 N–H and O–H groups in total. The Bertz CT molecular complexity index is 1160. The van der Waals surface area contributed by atoms with E-state index in [1.54, 1.807) is 0 Å². The third-order valence-corrected chi connectivity index (χ3v) is 5.11. The summed E-state index contributed by atoms with van der Waals surface area (Å²) in [5.74, 6) is 0.380. The standard InChI is InChI=1S/C24H23N7O/c1-2-22(32)28-21-14-19(31-12-6-7-13-31)10-11-20(21)29-24-26-16-17(15-25)23(30-24)27-18-8-4-3-5-9-18/h2-5,8-11,14,16H,1,6-7,12-13H2,(H,28,32)(H2,26,27,29,30). The van der Waals surface area contributed by atoms with Gasteiger partial charge < -0.3 is 20.9 Å². The molecule has 1 fully saturated rings. The van der Waals surface area contributed by atoms with Crippen LogP contribution in [0.15, 0.2) is 67.4 Å². The zero-order valence-corrected chi connectivity index (χ0v) is 17.5. The van der Waals surface area contributed by atoms with Gasteiger partial charge in [0.25, 0.3) is 0 Å². The molecule has 160 valence electrons. The van der Waals surface area contributed by atoms with Gasteiger partial charge in [0.1, 0.15) is 11.6 Å². The predicted molar refractivity (Wildman–Crippen MR) is 126 cm³/mol. The molecule has 0 saturated carbocycles. The first kappa shape index (κ1) is 20.9. The van der Waals surface area contributed by atoms with Crippen LogP contribution in [-0.2, 0) is 4.79 Å². The SMILES string of the molecule is C=CC(=O)Nc1cc(N2CCCC2)ccc1Nc1ncc(C#N)c(Nc2ccccc2)n1. The maximum Gasteiger partial charge on any atom is 0.247 e. The van der Waals surface area contributed by atoms with E-state index in [4.69, 9.17) is 0 Å². The lowest BCUT2D eigenvalue weighted by atomic mass is 10.2. The summed E-state index contributed by atoms with van der Waals surface area (Å²) in [5.41, 5.74) is 3.41. The van der Waals surface area contributed by atoms with Gasteiger partial charge in [-0.1, -0.05) is 24.8 Å². The Balaban J connectivity index is 1.63. The average Bonchev–Trinajstić information content (AvgIpc) is 3.36. The molecule has 1 aliphatic rings. The highest BCUT2D eigenvalue weighted by molar-refractivity contribution is 6.02. The van der Waals surface area contributed by atoms with Crippen LogP contribution in [0.1, 0.15) is 18.4 Å². The number of benzene rings is 2. The van der Waals surface area contributed by atoms with Crippen LogP contribution in [0.4, 0.5) is 34.5 Å². The number of nitriles is 1. The Morgan fingerprint density at radius 3 is 2.59 bits per heavy atom. The first-order valence-electron chi connectivity index (χ1n) is 10.3. The summed E-state index contributed by atoms with van der Waals surface area (Å²) in [6, 6.07) is 17.4. The first-order chi connectivity index (χ1) is 15.7.